The highest BCUT2D eigenvalue weighted by Crippen LogP contribution is 2.08. The number of alkyl halides is 2. The molecule has 3 N–H and O–H groups in total. The third kappa shape index (κ3) is 7.04. The first-order valence-corrected chi connectivity index (χ1v) is 6.54. The van der Waals surface area contributed by atoms with Crippen LogP contribution in [0.2, 0.25) is 0 Å². The molecular formula is C8H18ClF2N3O3S. The SMILES string of the molecule is CCS(=O)(=O)N(C)CC(=O)NCC(F)(F)CN.Cl. The van der Waals surface area contributed by atoms with Gasteiger partial charge in [0.05, 0.1) is 25.4 Å². The molecule has 0 fully saturated rings. The zero-order chi connectivity index (χ0) is 13.7. The summed E-state index contributed by atoms with van der Waals surface area (Å²) in [5, 5.41) is 1.93. The number of carbonyl (C=O) groups is 1. The van der Waals surface area contributed by atoms with Gasteiger partial charge in [0.15, 0.2) is 0 Å². The first-order valence-electron chi connectivity index (χ1n) is 4.93. The number of hydrogen-bond donors (Lipinski definition) is 2. The molecule has 0 saturated carbocycles. The molecule has 10 heteroatoms. The quantitative estimate of drug-likeness (QED) is 0.657. The third-order valence-electron chi connectivity index (χ3n) is 2.05. The van der Waals surface area contributed by atoms with Gasteiger partial charge in [0, 0.05) is 7.05 Å². The van der Waals surface area contributed by atoms with Gasteiger partial charge in [0.2, 0.25) is 15.9 Å². The van der Waals surface area contributed by atoms with E-state index < -0.39 is 41.5 Å². The van der Waals surface area contributed by atoms with Crippen LogP contribution in [-0.2, 0) is 14.8 Å². The minimum absolute atomic E-state index is 0. The van der Waals surface area contributed by atoms with E-state index in [1.165, 1.54) is 14.0 Å². The summed E-state index contributed by atoms with van der Waals surface area (Å²) in [5.74, 6) is -4.13. The van der Waals surface area contributed by atoms with Crippen LogP contribution < -0.4 is 11.1 Å². The lowest BCUT2D eigenvalue weighted by atomic mass is 10.3. The van der Waals surface area contributed by atoms with Crippen molar-refractivity contribution in [3.05, 3.63) is 0 Å². The number of nitrogens with one attached hydrogen (secondary N) is 1. The van der Waals surface area contributed by atoms with Crippen LogP contribution in [0.1, 0.15) is 6.92 Å². The van der Waals surface area contributed by atoms with Gasteiger partial charge in [-0.15, -0.1) is 12.4 Å². The Morgan fingerprint density at radius 3 is 2.33 bits per heavy atom. The molecule has 6 nitrogen and oxygen atoms in total. The maximum absolute atomic E-state index is 12.7. The number of likely N-dealkylation sites (N-methyl/N-ethyl adjacent to an activating group) is 1. The molecule has 0 heterocycles. The zero-order valence-electron chi connectivity index (χ0n) is 10.2. The Balaban J connectivity index is 0. The summed E-state index contributed by atoms with van der Waals surface area (Å²) in [4.78, 5) is 11.2. The number of nitrogens with two attached hydrogens (primary N) is 1. The Hall–Kier alpha value is -0.510. The van der Waals surface area contributed by atoms with E-state index in [1.807, 2.05) is 5.32 Å². The number of carbonyl (C=O) groups excluding carboxylic acids is 1. The second-order valence-corrected chi connectivity index (χ2v) is 5.86. The second-order valence-electron chi connectivity index (χ2n) is 3.49. The molecule has 0 atom stereocenters. The highest BCUT2D eigenvalue weighted by atomic mass is 35.5. The first-order chi connectivity index (χ1) is 7.64. The molecule has 0 saturated heterocycles. The molecule has 0 aromatic rings. The summed E-state index contributed by atoms with van der Waals surface area (Å²) < 4.78 is 48.7. The standard InChI is InChI=1S/C8H17F2N3O3S.ClH/c1-3-17(15,16)13(2)4-7(14)12-6-8(9,10)5-11;/h3-6,11H2,1-2H3,(H,12,14);1H. The van der Waals surface area contributed by atoms with Gasteiger partial charge in [-0.05, 0) is 6.92 Å². The molecule has 0 radical (unpaired) electrons. The van der Waals surface area contributed by atoms with Gasteiger partial charge in [-0.25, -0.2) is 17.2 Å². The van der Waals surface area contributed by atoms with Gasteiger partial charge in [0.1, 0.15) is 0 Å². The van der Waals surface area contributed by atoms with Crippen molar-refractivity contribution in [3.63, 3.8) is 0 Å². The normalized spacial score (nSPS) is 12.1. The van der Waals surface area contributed by atoms with Crippen molar-refractivity contribution in [2.45, 2.75) is 12.8 Å². The minimum atomic E-state index is -3.49. The van der Waals surface area contributed by atoms with E-state index >= 15 is 0 Å². The van der Waals surface area contributed by atoms with Crippen LogP contribution in [-0.4, -0.2) is 57.0 Å². The van der Waals surface area contributed by atoms with Crippen molar-refractivity contribution in [1.29, 1.82) is 0 Å². The molecule has 0 aromatic heterocycles. The van der Waals surface area contributed by atoms with Gasteiger partial charge in [-0.1, -0.05) is 0 Å². The Morgan fingerprint density at radius 2 is 1.94 bits per heavy atom. The summed E-state index contributed by atoms with van der Waals surface area (Å²) in [6.07, 6.45) is 0. The van der Waals surface area contributed by atoms with Crippen LogP contribution >= 0.6 is 12.4 Å². The van der Waals surface area contributed by atoms with Crippen LogP contribution in [0, 0.1) is 0 Å². The molecule has 18 heavy (non-hydrogen) atoms. The highest BCUT2D eigenvalue weighted by molar-refractivity contribution is 7.89. The molecule has 0 aliphatic heterocycles. The molecule has 0 aliphatic rings. The smallest absolute Gasteiger partial charge is 0.277 e. The summed E-state index contributed by atoms with van der Waals surface area (Å²) in [7, 11) is -2.28. The van der Waals surface area contributed by atoms with Crippen molar-refractivity contribution in [2.75, 3.05) is 32.4 Å². The van der Waals surface area contributed by atoms with Crippen molar-refractivity contribution < 1.29 is 22.0 Å². The lowest BCUT2D eigenvalue weighted by Gasteiger charge is -2.18. The Kier molecular flexibility index (Phi) is 8.61. The molecule has 0 unspecified atom stereocenters. The van der Waals surface area contributed by atoms with Gasteiger partial charge in [-0.3, -0.25) is 4.79 Å². The summed E-state index contributed by atoms with van der Waals surface area (Å²) in [5.41, 5.74) is 4.78. The minimum Gasteiger partial charge on any atom is -0.349 e. The van der Waals surface area contributed by atoms with Gasteiger partial charge < -0.3 is 11.1 Å². The molecule has 0 spiro atoms. The molecule has 0 bridgehead atoms. The summed E-state index contributed by atoms with van der Waals surface area (Å²) in [6.45, 7) is -0.845. The Labute approximate surface area is 111 Å². The van der Waals surface area contributed by atoms with Gasteiger partial charge in [0.25, 0.3) is 5.92 Å². The van der Waals surface area contributed by atoms with Crippen LogP contribution in [0.3, 0.4) is 0 Å². The lowest BCUT2D eigenvalue weighted by Crippen LogP contribution is -2.45. The molecule has 0 rings (SSSR count). The number of hydrogen-bond acceptors (Lipinski definition) is 4. The Bertz CT molecular complexity index is 365. The predicted molar refractivity (Wildman–Crippen MR) is 66.3 cm³/mol. The molecule has 0 aromatic carbocycles. The van der Waals surface area contributed by atoms with E-state index in [0.29, 0.717) is 0 Å². The highest BCUT2D eigenvalue weighted by Gasteiger charge is 2.27. The molecule has 110 valence electrons. The number of halogens is 3. The van der Waals surface area contributed by atoms with Gasteiger partial charge in [-0.2, -0.15) is 4.31 Å². The van der Waals surface area contributed by atoms with Crippen LogP contribution in [0.25, 0.3) is 0 Å². The number of rotatable bonds is 7. The van der Waals surface area contributed by atoms with Crippen LogP contribution in [0.4, 0.5) is 8.78 Å². The molecule has 1 amide bonds. The maximum Gasteiger partial charge on any atom is 0.277 e. The largest absolute Gasteiger partial charge is 0.349 e. The summed E-state index contributed by atoms with van der Waals surface area (Å²) >= 11 is 0. The van der Waals surface area contributed by atoms with E-state index in [0.717, 1.165) is 4.31 Å². The lowest BCUT2D eigenvalue weighted by molar-refractivity contribution is -0.122. The van der Waals surface area contributed by atoms with Crippen molar-refractivity contribution in [3.8, 4) is 0 Å². The Morgan fingerprint density at radius 1 is 1.44 bits per heavy atom. The first kappa shape index (κ1) is 19.8. The fraction of sp³-hybridized carbons (Fsp3) is 0.875. The van der Waals surface area contributed by atoms with Crippen LogP contribution in [0.5, 0.6) is 0 Å². The van der Waals surface area contributed by atoms with E-state index in [2.05, 4.69) is 0 Å². The fourth-order valence-corrected chi connectivity index (χ4v) is 1.63. The summed E-state index contributed by atoms with van der Waals surface area (Å²) in [6, 6.07) is 0. The van der Waals surface area contributed by atoms with Gasteiger partial charge >= 0.3 is 0 Å². The van der Waals surface area contributed by atoms with E-state index in [1.54, 1.807) is 0 Å². The fourth-order valence-electron chi connectivity index (χ4n) is 0.877. The van der Waals surface area contributed by atoms with Crippen molar-refractivity contribution in [1.82, 2.24) is 9.62 Å². The van der Waals surface area contributed by atoms with E-state index in [9.17, 15) is 22.0 Å². The molecule has 0 aliphatic carbocycles. The predicted octanol–water partition coefficient (Wildman–Crippen LogP) is -0.600. The van der Waals surface area contributed by atoms with E-state index in [4.69, 9.17) is 5.73 Å². The zero-order valence-corrected chi connectivity index (χ0v) is 11.8. The van der Waals surface area contributed by atoms with E-state index in [-0.39, 0.29) is 18.2 Å². The monoisotopic (exact) mass is 309 g/mol. The number of nitrogens with zero attached hydrogens (tertiary/aromatic N) is 1. The third-order valence-corrected chi connectivity index (χ3v) is 3.86. The number of sulfonamides is 1. The maximum atomic E-state index is 12.7. The number of amides is 1. The average Bonchev–Trinajstić information content (AvgIpc) is 2.26. The van der Waals surface area contributed by atoms with Crippen LogP contribution in [0.15, 0.2) is 0 Å². The van der Waals surface area contributed by atoms with Crippen molar-refractivity contribution >= 4 is 28.3 Å². The molecular weight excluding hydrogens is 292 g/mol. The van der Waals surface area contributed by atoms with Crippen molar-refractivity contribution in [2.24, 2.45) is 5.73 Å². The second kappa shape index (κ2) is 7.82. The topological polar surface area (TPSA) is 92.5 Å². The average molecular weight is 310 g/mol.